The summed E-state index contributed by atoms with van der Waals surface area (Å²) in [6.07, 6.45) is 7.64. The van der Waals surface area contributed by atoms with Gasteiger partial charge in [0, 0.05) is 18.1 Å². The van der Waals surface area contributed by atoms with Gasteiger partial charge in [-0.1, -0.05) is 42.5 Å². The maximum atomic E-state index is 11.4. The quantitative estimate of drug-likeness (QED) is 0.0595. The number of methoxy groups -OCH3 is 4. The van der Waals surface area contributed by atoms with Gasteiger partial charge in [-0.15, -0.1) is 0 Å². The van der Waals surface area contributed by atoms with Crippen LogP contribution in [-0.2, 0) is 25.8 Å². The van der Waals surface area contributed by atoms with Gasteiger partial charge >= 0.3 is 193 Å². The second-order valence-corrected chi connectivity index (χ2v) is 27.7. The van der Waals surface area contributed by atoms with Crippen molar-refractivity contribution in [3.05, 3.63) is 198 Å². The fourth-order valence-electron chi connectivity index (χ4n) is 7.03. The molecule has 0 saturated carbocycles. The summed E-state index contributed by atoms with van der Waals surface area (Å²) in [6, 6.07) is 56.8. The number of benzene rings is 7. The summed E-state index contributed by atoms with van der Waals surface area (Å²) < 4.78 is 66.2. The summed E-state index contributed by atoms with van der Waals surface area (Å²) in [4.78, 5) is 10.8. The molecule has 0 aromatic heterocycles. The SMILES string of the molecule is COc1ccc(/C=C/c2ccc(S(C)(=O)=O)cc2)cc1OC.COc1ccc(CP(Br)(c2ccccc2)(c2ccccc2)c2ccccc2)cc1OC.CS(=O)(=O)c1ccc(C=O)cc1. The van der Waals surface area contributed by atoms with Crippen molar-refractivity contribution in [1.29, 1.82) is 0 Å². The van der Waals surface area contributed by atoms with Gasteiger partial charge in [0.1, 0.15) is 6.29 Å². The molecule has 13 heteroatoms. The first-order chi connectivity index (χ1) is 31.1. The van der Waals surface area contributed by atoms with E-state index < -0.39 is 25.0 Å². The first kappa shape index (κ1) is 50.0. The summed E-state index contributed by atoms with van der Waals surface area (Å²) in [7, 11) is 0.233. The summed E-state index contributed by atoms with van der Waals surface area (Å²) in [6.45, 7) is 0. The number of rotatable bonds is 14. The van der Waals surface area contributed by atoms with Crippen LogP contribution in [-0.4, -0.2) is 64.1 Å². The maximum Gasteiger partial charge on any atom is 0.175 e. The second-order valence-electron chi connectivity index (χ2n) is 14.8. The van der Waals surface area contributed by atoms with E-state index >= 15 is 0 Å². The molecule has 0 amide bonds. The van der Waals surface area contributed by atoms with Crippen LogP contribution < -0.4 is 34.9 Å². The molecule has 0 aliphatic carbocycles. The van der Waals surface area contributed by atoms with Crippen molar-refractivity contribution in [3.63, 3.8) is 0 Å². The third kappa shape index (κ3) is 12.4. The summed E-state index contributed by atoms with van der Waals surface area (Å²) in [5, 5.41) is 0.847. The number of ether oxygens (including phenoxy) is 4. The Kier molecular flexibility index (Phi) is 17.1. The molecule has 0 radical (unpaired) electrons. The predicted molar refractivity (Wildman–Crippen MR) is 270 cm³/mol. The van der Waals surface area contributed by atoms with Crippen LogP contribution in [0.5, 0.6) is 23.0 Å². The number of sulfone groups is 2. The standard InChI is InChI=1S/C27H26BrO2P.C17H18O4S.C8H8O3S/c1-29-26-19-18-22(20-27(26)30-2)21-31(28,23-12-6-3-7-13-23,24-14-8-4-9-15-24)25-16-10-5-11-17-25;1-20-16-11-8-14(12-17(16)21-2)5-4-13-6-9-15(10-7-13)22(3,18)19;1-12(10,11)8-4-2-7(6-9)3-5-8/h3-20H,21H2,1-2H3;4-12H,1-3H3;2-6H,1H3/b;5-4+;. The normalized spacial score (nSPS) is 12.0. The van der Waals surface area contributed by atoms with Crippen molar-refractivity contribution in [1.82, 2.24) is 0 Å². The molecule has 65 heavy (non-hydrogen) atoms. The van der Waals surface area contributed by atoms with Crippen LogP contribution in [0.3, 0.4) is 0 Å². The minimum absolute atomic E-state index is 0.230. The zero-order valence-electron chi connectivity index (χ0n) is 37.0. The average molecular weight is 996 g/mol. The van der Waals surface area contributed by atoms with Crippen molar-refractivity contribution >= 4 is 74.8 Å². The predicted octanol–water partition coefficient (Wildman–Crippen LogP) is 10.2. The average Bonchev–Trinajstić information content (AvgIpc) is 3.34. The van der Waals surface area contributed by atoms with Gasteiger partial charge in [0.15, 0.2) is 31.2 Å². The van der Waals surface area contributed by atoms with Gasteiger partial charge in [0.05, 0.1) is 24.0 Å². The van der Waals surface area contributed by atoms with Crippen LogP contribution in [0.15, 0.2) is 186 Å². The molecule has 0 aliphatic heterocycles. The molecule has 0 saturated heterocycles. The van der Waals surface area contributed by atoms with Crippen molar-refractivity contribution in [2.24, 2.45) is 0 Å². The Hall–Kier alpha value is -6.04. The summed E-state index contributed by atoms with van der Waals surface area (Å²) >= 11 is 4.49. The first-order valence-electron chi connectivity index (χ1n) is 20.1. The molecule has 0 fully saturated rings. The van der Waals surface area contributed by atoms with Crippen LogP contribution in [0, 0.1) is 0 Å². The number of aldehydes is 1. The van der Waals surface area contributed by atoms with E-state index in [4.69, 9.17) is 18.9 Å². The van der Waals surface area contributed by atoms with Crippen molar-refractivity contribution in [3.8, 4) is 23.0 Å². The Balaban J connectivity index is 0.000000203. The van der Waals surface area contributed by atoms with Gasteiger partial charge in [-0.05, 0) is 47.5 Å². The molecule has 7 aromatic carbocycles. The molecular formula is C52H52BrO9PS2. The van der Waals surface area contributed by atoms with E-state index in [0.717, 1.165) is 35.0 Å². The van der Waals surface area contributed by atoms with Crippen LogP contribution in [0.1, 0.15) is 27.0 Å². The van der Waals surface area contributed by atoms with Gasteiger partial charge in [-0.2, -0.15) is 0 Å². The Morgan fingerprint density at radius 3 is 1.18 bits per heavy atom. The van der Waals surface area contributed by atoms with E-state index in [1.165, 1.54) is 52.0 Å². The number of hydrogen-bond acceptors (Lipinski definition) is 9. The van der Waals surface area contributed by atoms with E-state index in [1.807, 2.05) is 36.4 Å². The molecule has 9 nitrogen and oxygen atoms in total. The van der Waals surface area contributed by atoms with Crippen LogP contribution in [0.4, 0.5) is 0 Å². The molecule has 0 heterocycles. The number of halogens is 1. The molecular weight excluding hydrogens is 944 g/mol. The molecule has 0 N–H and O–H groups in total. The third-order valence-electron chi connectivity index (χ3n) is 10.4. The van der Waals surface area contributed by atoms with Crippen LogP contribution in [0.2, 0.25) is 0 Å². The van der Waals surface area contributed by atoms with Gasteiger partial charge in [0.25, 0.3) is 0 Å². The van der Waals surface area contributed by atoms with Gasteiger partial charge in [-0.3, -0.25) is 4.79 Å². The maximum absolute atomic E-state index is 11.4. The Labute approximate surface area is 391 Å². The molecule has 338 valence electrons. The second kappa shape index (κ2) is 22.2. The number of carbonyl (C=O) groups is 1. The van der Waals surface area contributed by atoms with E-state index in [2.05, 4.69) is 119 Å². The Morgan fingerprint density at radius 2 is 0.800 bits per heavy atom. The van der Waals surface area contributed by atoms with Crippen LogP contribution in [0.25, 0.3) is 12.2 Å². The van der Waals surface area contributed by atoms with Gasteiger partial charge < -0.3 is 9.47 Å². The fraction of sp³-hybridized carbons (Fsp3) is 0.135. The molecule has 0 spiro atoms. The molecule has 0 aliphatic rings. The van der Waals surface area contributed by atoms with E-state index in [1.54, 1.807) is 52.7 Å². The third-order valence-corrected chi connectivity index (χ3v) is 22.2. The molecule has 0 unspecified atom stereocenters. The summed E-state index contributed by atoms with van der Waals surface area (Å²) in [5.74, 6) is 2.82. The van der Waals surface area contributed by atoms with Gasteiger partial charge in [0.2, 0.25) is 0 Å². The van der Waals surface area contributed by atoms with E-state index in [0.29, 0.717) is 28.2 Å². The van der Waals surface area contributed by atoms with Gasteiger partial charge in [-0.25, -0.2) is 16.8 Å². The topological polar surface area (TPSA) is 122 Å². The molecule has 0 bridgehead atoms. The zero-order valence-corrected chi connectivity index (χ0v) is 41.1. The summed E-state index contributed by atoms with van der Waals surface area (Å²) in [5.41, 5.74) is 3.54. The zero-order chi connectivity index (χ0) is 47.1. The minimum Gasteiger partial charge on any atom is -0.298 e. The smallest absolute Gasteiger partial charge is 0.175 e. The largest absolute Gasteiger partial charge is 0.298 e. The van der Waals surface area contributed by atoms with E-state index in [9.17, 15) is 21.6 Å². The molecule has 7 rings (SSSR count). The first-order valence-corrected chi connectivity index (χ1v) is 28.4. The van der Waals surface area contributed by atoms with Crippen LogP contribution >= 0.6 is 20.8 Å². The molecule has 0 atom stereocenters. The fourth-order valence-corrected chi connectivity index (χ4v) is 16.0. The number of hydrogen-bond donors (Lipinski definition) is 0. The van der Waals surface area contributed by atoms with Crippen molar-refractivity contribution in [2.45, 2.75) is 16.0 Å². The number of carbonyl (C=O) groups excluding carboxylic acids is 1. The Bertz CT molecular complexity index is 2810. The minimum atomic E-state index is -3.16. The van der Waals surface area contributed by atoms with E-state index in [-0.39, 0.29) is 4.90 Å². The van der Waals surface area contributed by atoms with Crippen molar-refractivity contribution in [2.75, 3.05) is 41.0 Å². The Morgan fingerprint density at radius 1 is 0.446 bits per heavy atom. The van der Waals surface area contributed by atoms with Crippen molar-refractivity contribution < 1.29 is 40.6 Å². The monoisotopic (exact) mass is 994 g/mol. The molecule has 7 aromatic rings.